The van der Waals surface area contributed by atoms with Gasteiger partial charge in [0.1, 0.15) is 5.82 Å². The van der Waals surface area contributed by atoms with Gasteiger partial charge in [-0.1, -0.05) is 12.1 Å². The van der Waals surface area contributed by atoms with Gasteiger partial charge >= 0.3 is 0 Å². The first-order chi connectivity index (χ1) is 16.1. The third kappa shape index (κ3) is 3.86. The number of methoxy groups -OCH3 is 2. The second kappa shape index (κ2) is 8.50. The molecule has 1 N–H and O–H groups in total. The van der Waals surface area contributed by atoms with Crippen molar-refractivity contribution in [2.24, 2.45) is 0 Å². The highest BCUT2D eigenvalue weighted by atomic mass is 16.5. The average molecular weight is 443 g/mol. The zero-order chi connectivity index (χ0) is 22.9. The van der Waals surface area contributed by atoms with Gasteiger partial charge < -0.3 is 24.3 Å². The van der Waals surface area contributed by atoms with Crippen LogP contribution in [0, 0.1) is 6.92 Å². The number of imidazole rings is 1. The Hall–Kier alpha value is -4.00. The van der Waals surface area contributed by atoms with E-state index >= 15 is 0 Å². The van der Waals surface area contributed by atoms with Crippen molar-refractivity contribution in [1.82, 2.24) is 9.55 Å². The molecule has 0 spiro atoms. The highest BCUT2D eigenvalue weighted by molar-refractivity contribution is 6.05. The van der Waals surface area contributed by atoms with Crippen LogP contribution in [0.25, 0.3) is 11.0 Å². The van der Waals surface area contributed by atoms with Gasteiger partial charge in [0.25, 0.3) is 5.91 Å². The van der Waals surface area contributed by atoms with Gasteiger partial charge in [0.2, 0.25) is 0 Å². The van der Waals surface area contributed by atoms with Crippen molar-refractivity contribution in [1.29, 1.82) is 0 Å². The van der Waals surface area contributed by atoms with Gasteiger partial charge in [-0.05, 0) is 61.0 Å². The van der Waals surface area contributed by atoms with Gasteiger partial charge in [0.05, 0.1) is 31.8 Å². The number of ether oxygens (including phenoxy) is 2. The molecule has 1 aliphatic rings. The number of nitrogens with zero attached hydrogens (tertiary/aromatic N) is 3. The lowest BCUT2D eigenvalue weighted by Crippen LogP contribution is -2.33. The quantitative estimate of drug-likeness (QED) is 0.488. The van der Waals surface area contributed by atoms with Crippen LogP contribution < -0.4 is 19.7 Å². The lowest BCUT2D eigenvalue weighted by Gasteiger charge is -2.30. The number of carbonyl (C=O) groups is 1. The number of nitrogens with one attached hydrogen (secondary N) is 1. The number of aromatic nitrogens is 2. The summed E-state index contributed by atoms with van der Waals surface area (Å²) in [6.07, 6.45) is 0. The van der Waals surface area contributed by atoms with E-state index in [9.17, 15) is 4.79 Å². The standard InChI is InChI=1S/C26H26N4O3/c1-17-14-19(29-12-13-30-22-7-5-4-6-21(22)27-25(30)16-29)9-10-20(17)28-26(31)18-8-11-23(32-2)24(15-18)33-3/h4-11,14-15H,12-13,16H2,1-3H3,(H,28,31). The molecule has 0 radical (unpaired) electrons. The summed E-state index contributed by atoms with van der Waals surface area (Å²) in [5.74, 6) is 1.99. The number of aryl methyl sites for hydroxylation is 1. The molecule has 7 heteroatoms. The minimum Gasteiger partial charge on any atom is -0.493 e. The summed E-state index contributed by atoms with van der Waals surface area (Å²) >= 11 is 0. The first-order valence-electron chi connectivity index (χ1n) is 10.9. The lowest BCUT2D eigenvalue weighted by molar-refractivity contribution is 0.102. The third-order valence-electron chi connectivity index (χ3n) is 6.13. The van der Waals surface area contributed by atoms with Gasteiger partial charge in [0, 0.05) is 30.0 Å². The van der Waals surface area contributed by atoms with Crippen LogP contribution in [0.3, 0.4) is 0 Å². The fraction of sp³-hybridized carbons (Fsp3) is 0.231. The number of hydrogen-bond acceptors (Lipinski definition) is 5. The van der Waals surface area contributed by atoms with Crippen LogP contribution >= 0.6 is 0 Å². The highest BCUT2D eigenvalue weighted by Crippen LogP contribution is 2.30. The van der Waals surface area contributed by atoms with Crippen LogP contribution in [-0.4, -0.2) is 36.2 Å². The molecular formula is C26H26N4O3. The number of benzene rings is 3. The smallest absolute Gasteiger partial charge is 0.255 e. The van der Waals surface area contributed by atoms with Crippen LogP contribution in [0.5, 0.6) is 11.5 Å². The van der Waals surface area contributed by atoms with Crippen LogP contribution in [0.2, 0.25) is 0 Å². The predicted octanol–water partition coefficient (Wildman–Crippen LogP) is 4.63. The van der Waals surface area contributed by atoms with E-state index in [1.54, 1.807) is 32.4 Å². The molecular weight excluding hydrogens is 416 g/mol. The first kappa shape index (κ1) is 20.9. The molecule has 0 atom stereocenters. The topological polar surface area (TPSA) is 68.6 Å². The van der Waals surface area contributed by atoms with Gasteiger partial charge in [-0.2, -0.15) is 0 Å². The average Bonchev–Trinajstić information content (AvgIpc) is 3.22. The van der Waals surface area contributed by atoms with Gasteiger partial charge in [-0.15, -0.1) is 0 Å². The first-order valence-corrected chi connectivity index (χ1v) is 10.9. The van der Waals surface area contributed by atoms with Crippen LogP contribution in [0.4, 0.5) is 11.4 Å². The van der Waals surface area contributed by atoms with Crippen molar-refractivity contribution in [2.75, 3.05) is 31.0 Å². The summed E-state index contributed by atoms with van der Waals surface area (Å²) in [5, 5.41) is 3.01. The summed E-state index contributed by atoms with van der Waals surface area (Å²) in [6, 6.07) is 19.5. The Morgan fingerprint density at radius 1 is 0.970 bits per heavy atom. The Balaban J connectivity index is 1.33. The molecule has 0 aliphatic carbocycles. The van der Waals surface area contributed by atoms with E-state index in [4.69, 9.17) is 14.5 Å². The van der Waals surface area contributed by atoms with E-state index in [0.717, 1.165) is 47.9 Å². The summed E-state index contributed by atoms with van der Waals surface area (Å²) in [5.41, 5.74) is 5.64. The Kier molecular flexibility index (Phi) is 5.38. The fourth-order valence-electron chi connectivity index (χ4n) is 4.34. The molecule has 168 valence electrons. The van der Waals surface area contributed by atoms with E-state index in [0.29, 0.717) is 17.1 Å². The van der Waals surface area contributed by atoms with Crippen molar-refractivity contribution in [3.8, 4) is 11.5 Å². The third-order valence-corrected chi connectivity index (χ3v) is 6.13. The van der Waals surface area contributed by atoms with Crippen molar-refractivity contribution in [2.45, 2.75) is 20.0 Å². The fourth-order valence-corrected chi connectivity index (χ4v) is 4.34. The molecule has 7 nitrogen and oxygen atoms in total. The lowest BCUT2D eigenvalue weighted by atomic mass is 10.1. The van der Waals surface area contributed by atoms with E-state index < -0.39 is 0 Å². The number of carbonyl (C=O) groups excluding carboxylic acids is 1. The predicted molar refractivity (Wildman–Crippen MR) is 129 cm³/mol. The van der Waals surface area contributed by atoms with Crippen LogP contribution in [-0.2, 0) is 13.1 Å². The summed E-state index contributed by atoms with van der Waals surface area (Å²) in [6.45, 7) is 4.56. The monoisotopic (exact) mass is 442 g/mol. The Bertz CT molecular complexity index is 1340. The minimum absolute atomic E-state index is 0.196. The molecule has 2 heterocycles. The molecule has 3 aromatic carbocycles. The summed E-state index contributed by atoms with van der Waals surface area (Å²) in [4.78, 5) is 20.0. The number of amides is 1. The molecule has 0 unspecified atom stereocenters. The highest BCUT2D eigenvalue weighted by Gasteiger charge is 2.21. The molecule has 0 bridgehead atoms. The van der Waals surface area contributed by atoms with Crippen molar-refractivity contribution in [3.63, 3.8) is 0 Å². The van der Waals surface area contributed by atoms with E-state index in [1.807, 2.05) is 19.1 Å². The molecule has 0 saturated carbocycles. The van der Waals surface area contributed by atoms with E-state index in [2.05, 4.69) is 45.1 Å². The molecule has 1 aromatic heterocycles. The second-order valence-corrected chi connectivity index (χ2v) is 8.11. The van der Waals surface area contributed by atoms with Crippen LogP contribution in [0.15, 0.2) is 60.7 Å². The summed E-state index contributed by atoms with van der Waals surface area (Å²) < 4.78 is 12.9. The maximum atomic E-state index is 12.8. The zero-order valence-corrected chi connectivity index (χ0v) is 19.0. The van der Waals surface area contributed by atoms with Crippen molar-refractivity contribution >= 4 is 28.3 Å². The molecule has 4 aromatic rings. The van der Waals surface area contributed by atoms with Crippen LogP contribution in [0.1, 0.15) is 21.7 Å². The number of hydrogen-bond donors (Lipinski definition) is 1. The largest absolute Gasteiger partial charge is 0.493 e. The maximum Gasteiger partial charge on any atom is 0.255 e. The number of rotatable bonds is 5. The Morgan fingerprint density at radius 3 is 2.58 bits per heavy atom. The molecule has 5 rings (SSSR count). The normalized spacial score (nSPS) is 13.0. The van der Waals surface area contributed by atoms with Gasteiger partial charge in [0.15, 0.2) is 11.5 Å². The van der Waals surface area contributed by atoms with Crippen molar-refractivity contribution < 1.29 is 14.3 Å². The number of fused-ring (bicyclic) bond motifs is 3. The second-order valence-electron chi connectivity index (χ2n) is 8.11. The van der Waals surface area contributed by atoms with Gasteiger partial charge in [-0.25, -0.2) is 4.98 Å². The summed E-state index contributed by atoms with van der Waals surface area (Å²) in [7, 11) is 3.12. The maximum absolute atomic E-state index is 12.8. The zero-order valence-electron chi connectivity index (χ0n) is 19.0. The Morgan fingerprint density at radius 2 is 1.79 bits per heavy atom. The number of para-hydroxylation sites is 2. The molecule has 1 amide bonds. The SMILES string of the molecule is COc1ccc(C(=O)Nc2ccc(N3CCn4c(nc5ccccc54)C3)cc2C)cc1OC. The molecule has 33 heavy (non-hydrogen) atoms. The molecule has 0 saturated heterocycles. The Labute approximate surface area is 192 Å². The van der Waals surface area contributed by atoms with E-state index in [1.165, 1.54) is 5.52 Å². The molecule has 1 aliphatic heterocycles. The van der Waals surface area contributed by atoms with E-state index in [-0.39, 0.29) is 5.91 Å². The molecule has 0 fully saturated rings. The van der Waals surface area contributed by atoms with Crippen molar-refractivity contribution in [3.05, 3.63) is 77.6 Å². The van der Waals surface area contributed by atoms with Gasteiger partial charge in [-0.3, -0.25) is 4.79 Å². The number of anilines is 2. The minimum atomic E-state index is -0.196.